The number of hydrogen-bond acceptors (Lipinski definition) is 6. The van der Waals surface area contributed by atoms with E-state index in [0.29, 0.717) is 23.8 Å². The molecule has 0 aromatic carbocycles. The van der Waals surface area contributed by atoms with E-state index in [1.165, 1.54) is 22.1 Å². The number of ether oxygens (including phenoxy) is 1. The normalized spacial score (nSPS) is 25.0. The average molecular weight is 304 g/mol. The molecule has 0 unspecified atom stereocenters. The summed E-state index contributed by atoms with van der Waals surface area (Å²) in [5.41, 5.74) is 1.12. The molecule has 7 nitrogen and oxygen atoms in total. The molecule has 1 amide bonds. The number of fused-ring (bicyclic) bond motifs is 2. The van der Waals surface area contributed by atoms with Gasteiger partial charge in [0.2, 0.25) is 5.88 Å². The van der Waals surface area contributed by atoms with Crippen molar-refractivity contribution in [2.24, 2.45) is 0 Å². The molecule has 1 aromatic rings. The van der Waals surface area contributed by atoms with E-state index in [2.05, 4.69) is 5.10 Å². The molecule has 4 heterocycles. The first-order chi connectivity index (χ1) is 10.1. The fourth-order valence-corrected chi connectivity index (χ4v) is 3.69. The number of amides is 1. The fourth-order valence-electron chi connectivity index (χ4n) is 2.58. The lowest BCUT2D eigenvalue weighted by Crippen LogP contribution is -2.52. The number of aromatic nitrogens is 2. The van der Waals surface area contributed by atoms with E-state index < -0.39 is 5.97 Å². The van der Waals surface area contributed by atoms with Gasteiger partial charge in [-0.15, -0.1) is 11.8 Å². The second-order valence-electron chi connectivity index (χ2n) is 4.89. The molecule has 4 rings (SSSR count). The number of nitrogens with zero attached hydrogens (tertiary/aromatic N) is 3. The van der Waals surface area contributed by atoms with Crippen LogP contribution in [-0.4, -0.2) is 38.5 Å². The van der Waals surface area contributed by atoms with Crippen LogP contribution in [0.5, 0.6) is 5.88 Å². The Morgan fingerprint density at radius 2 is 2.43 bits per heavy atom. The van der Waals surface area contributed by atoms with Crippen molar-refractivity contribution in [3.63, 3.8) is 0 Å². The standard InChI is InChI=1S/C13H11N3O4S/c17-11-8(12-16(11)9(6-21-12)13(18)19)4-7-5-10-15(14-7)2-1-3-20-10/h4-6,12H,1-3H2,(H,18,19)/p-1/b8-4-/t12-/m1/s1. The Hall–Kier alpha value is -2.22. The number of aliphatic carboxylic acids is 1. The van der Waals surface area contributed by atoms with Gasteiger partial charge in [0.15, 0.2) is 0 Å². The van der Waals surface area contributed by atoms with Gasteiger partial charge in [0, 0.05) is 19.0 Å². The molecule has 0 saturated carbocycles. The lowest BCUT2D eigenvalue weighted by atomic mass is 10.0. The number of β-lactam (4-membered cyclic amide) rings is 1. The summed E-state index contributed by atoms with van der Waals surface area (Å²) in [6, 6.07) is 1.79. The van der Waals surface area contributed by atoms with Crippen molar-refractivity contribution in [2.75, 3.05) is 6.61 Å². The predicted molar refractivity (Wildman–Crippen MR) is 71.6 cm³/mol. The van der Waals surface area contributed by atoms with E-state index in [-0.39, 0.29) is 17.0 Å². The van der Waals surface area contributed by atoms with Crippen molar-refractivity contribution in [3.05, 3.63) is 28.4 Å². The topological polar surface area (TPSA) is 87.5 Å². The molecule has 0 spiro atoms. The van der Waals surface area contributed by atoms with Gasteiger partial charge < -0.3 is 14.6 Å². The maximum atomic E-state index is 12.1. The average Bonchev–Trinajstić information content (AvgIpc) is 3.05. The third-order valence-electron chi connectivity index (χ3n) is 3.57. The third-order valence-corrected chi connectivity index (χ3v) is 4.65. The number of rotatable bonds is 2. The fraction of sp³-hybridized carbons (Fsp3) is 0.308. The molecule has 1 fully saturated rings. The van der Waals surface area contributed by atoms with Crippen molar-refractivity contribution in [2.45, 2.75) is 18.3 Å². The summed E-state index contributed by atoms with van der Waals surface area (Å²) in [5, 5.41) is 16.4. The van der Waals surface area contributed by atoms with Crippen LogP contribution in [0.2, 0.25) is 0 Å². The van der Waals surface area contributed by atoms with Crippen LogP contribution < -0.4 is 9.84 Å². The molecule has 3 aliphatic rings. The second-order valence-corrected chi connectivity index (χ2v) is 5.84. The van der Waals surface area contributed by atoms with Gasteiger partial charge in [-0.2, -0.15) is 5.10 Å². The molecule has 0 bridgehead atoms. The summed E-state index contributed by atoms with van der Waals surface area (Å²) >= 11 is 1.28. The molecule has 0 aliphatic carbocycles. The van der Waals surface area contributed by atoms with Gasteiger partial charge >= 0.3 is 0 Å². The third kappa shape index (κ3) is 1.79. The zero-order valence-corrected chi connectivity index (χ0v) is 11.6. The first-order valence-electron chi connectivity index (χ1n) is 6.48. The summed E-state index contributed by atoms with van der Waals surface area (Å²) in [6.07, 6.45) is 2.60. The van der Waals surface area contributed by atoms with Crippen LogP contribution in [0.4, 0.5) is 0 Å². The van der Waals surface area contributed by atoms with Gasteiger partial charge in [0.05, 0.1) is 29.5 Å². The lowest BCUT2D eigenvalue weighted by Gasteiger charge is -2.38. The molecule has 3 aliphatic heterocycles. The minimum Gasteiger partial charge on any atom is -0.543 e. The smallest absolute Gasteiger partial charge is 0.258 e. The van der Waals surface area contributed by atoms with E-state index in [1.54, 1.807) is 16.8 Å². The highest BCUT2D eigenvalue weighted by atomic mass is 32.2. The second kappa shape index (κ2) is 4.39. The number of carboxylic acids is 1. The Balaban J connectivity index is 1.60. The number of carbonyl (C=O) groups is 2. The Labute approximate surface area is 123 Å². The molecule has 0 radical (unpaired) electrons. The first-order valence-corrected chi connectivity index (χ1v) is 7.42. The maximum Gasteiger partial charge on any atom is 0.258 e. The lowest BCUT2D eigenvalue weighted by molar-refractivity contribution is -0.301. The summed E-state index contributed by atoms with van der Waals surface area (Å²) in [7, 11) is 0. The summed E-state index contributed by atoms with van der Waals surface area (Å²) in [4.78, 5) is 24.2. The molecule has 1 aromatic heterocycles. The monoisotopic (exact) mass is 304 g/mol. The van der Waals surface area contributed by atoms with E-state index in [1.807, 2.05) is 0 Å². The largest absolute Gasteiger partial charge is 0.543 e. The van der Waals surface area contributed by atoms with Crippen molar-refractivity contribution in [3.8, 4) is 5.88 Å². The molecule has 1 atom stereocenters. The van der Waals surface area contributed by atoms with Crippen LogP contribution in [0.1, 0.15) is 12.1 Å². The minimum absolute atomic E-state index is 0.0698. The van der Waals surface area contributed by atoms with E-state index in [9.17, 15) is 14.7 Å². The molecule has 108 valence electrons. The number of carbonyl (C=O) groups excluding carboxylic acids is 2. The molecule has 8 heteroatoms. The Bertz CT molecular complexity index is 697. The maximum absolute atomic E-state index is 12.1. The van der Waals surface area contributed by atoms with Crippen molar-refractivity contribution in [1.29, 1.82) is 0 Å². The molecule has 1 saturated heterocycles. The van der Waals surface area contributed by atoms with Crippen molar-refractivity contribution in [1.82, 2.24) is 14.7 Å². The number of aryl methyl sites for hydroxylation is 1. The van der Waals surface area contributed by atoms with Crippen LogP contribution >= 0.6 is 11.8 Å². The van der Waals surface area contributed by atoms with Crippen LogP contribution in [-0.2, 0) is 16.1 Å². The zero-order valence-electron chi connectivity index (χ0n) is 10.8. The van der Waals surface area contributed by atoms with E-state index in [4.69, 9.17) is 4.74 Å². The van der Waals surface area contributed by atoms with Gasteiger partial charge in [0.25, 0.3) is 5.91 Å². The van der Waals surface area contributed by atoms with Crippen LogP contribution in [0.25, 0.3) is 6.08 Å². The number of hydrogen-bond donors (Lipinski definition) is 0. The van der Waals surface area contributed by atoms with E-state index in [0.717, 1.165) is 13.0 Å². The van der Waals surface area contributed by atoms with Crippen molar-refractivity contribution >= 4 is 29.7 Å². The minimum atomic E-state index is -1.33. The zero-order chi connectivity index (χ0) is 14.6. The summed E-state index contributed by atoms with van der Waals surface area (Å²) in [6.45, 7) is 1.47. The van der Waals surface area contributed by atoms with Gasteiger partial charge in [-0.3, -0.25) is 9.69 Å². The Morgan fingerprint density at radius 1 is 1.57 bits per heavy atom. The molecule has 21 heavy (non-hydrogen) atoms. The highest BCUT2D eigenvalue weighted by Gasteiger charge is 2.47. The number of thioether (sulfide) groups is 1. The highest BCUT2D eigenvalue weighted by Crippen LogP contribution is 2.44. The highest BCUT2D eigenvalue weighted by molar-refractivity contribution is 8.03. The predicted octanol–water partition coefficient (Wildman–Crippen LogP) is -0.445. The van der Waals surface area contributed by atoms with Gasteiger partial charge in [-0.25, -0.2) is 4.68 Å². The Morgan fingerprint density at radius 3 is 3.19 bits per heavy atom. The van der Waals surface area contributed by atoms with Gasteiger partial charge in [-0.05, 0) is 11.5 Å². The SMILES string of the molecule is O=C([O-])C1=CS[C@@H]2/C(=C\c3cc4n(n3)CCCO4)C(=O)N12. The quantitative estimate of drug-likeness (QED) is 0.543. The van der Waals surface area contributed by atoms with Gasteiger partial charge in [-0.1, -0.05) is 0 Å². The molecule has 0 N–H and O–H groups in total. The van der Waals surface area contributed by atoms with Crippen LogP contribution in [0.3, 0.4) is 0 Å². The molecular formula is C13H10N3O4S-. The summed E-state index contributed by atoms with van der Waals surface area (Å²) < 4.78 is 7.24. The van der Waals surface area contributed by atoms with E-state index >= 15 is 0 Å². The van der Waals surface area contributed by atoms with Crippen LogP contribution in [0.15, 0.2) is 22.7 Å². The van der Waals surface area contributed by atoms with Crippen LogP contribution in [0, 0.1) is 0 Å². The first kappa shape index (κ1) is 12.5. The van der Waals surface area contributed by atoms with Crippen molar-refractivity contribution < 1.29 is 19.4 Å². The summed E-state index contributed by atoms with van der Waals surface area (Å²) in [5.74, 6) is -0.944. The Kier molecular flexibility index (Phi) is 2.61. The van der Waals surface area contributed by atoms with Gasteiger partial charge in [0.1, 0.15) is 5.37 Å². The number of carboxylic acid groups (broad SMARTS) is 1. The molecular weight excluding hydrogens is 294 g/mol.